The van der Waals surface area contributed by atoms with Crippen LogP contribution >= 0.6 is 15.9 Å². The second kappa shape index (κ2) is 7.03. The normalized spacial score (nSPS) is 10.2. The highest BCUT2D eigenvalue weighted by Crippen LogP contribution is 2.13. The first-order valence-electron chi connectivity index (χ1n) is 6.20. The molecule has 0 bridgehead atoms. The van der Waals surface area contributed by atoms with Gasteiger partial charge in [-0.15, -0.1) is 0 Å². The van der Waals surface area contributed by atoms with Crippen LogP contribution in [0.1, 0.15) is 5.56 Å². The van der Waals surface area contributed by atoms with Crippen LogP contribution in [0.15, 0.2) is 41.1 Å². The van der Waals surface area contributed by atoms with Crippen molar-refractivity contribution in [3.63, 3.8) is 0 Å². The Bertz CT molecular complexity index is 654. The Labute approximate surface area is 130 Å². The zero-order chi connectivity index (χ0) is 15.2. The second-order valence-corrected chi connectivity index (χ2v) is 5.27. The van der Waals surface area contributed by atoms with E-state index in [4.69, 9.17) is 0 Å². The van der Waals surface area contributed by atoms with Crippen molar-refractivity contribution in [1.82, 2.24) is 9.78 Å². The molecule has 2 rings (SSSR count). The van der Waals surface area contributed by atoms with Crippen LogP contribution in [0.5, 0.6) is 0 Å². The van der Waals surface area contributed by atoms with Gasteiger partial charge in [-0.25, -0.2) is 0 Å². The highest BCUT2D eigenvalue weighted by atomic mass is 79.9. The Morgan fingerprint density at radius 3 is 2.95 bits per heavy atom. The summed E-state index contributed by atoms with van der Waals surface area (Å²) >= 11 is 3.36. The van der Waals surface area contributed by atoms with Crippen LogP contribution in [0.3, 0.4) is 0 Å². The van der Waals surface area contributed by atoms with Crippen LogP contribution in [-0.4, -0.2) is 28.8 Å². The number of nitrogens with zero attached hydrogens (tertiary/aromatic N) is 2. The molecule has 0 aliphatic carbocycles. The molecule has 0 spiro atoms. The molecule has 7 heteroatoms. The van der Waals surface area contributed by atoms with Gasteiger partial charge in [-0.05, 0) is 17.7 Å². The van der Waals surface area contributed by atoms with Crippen molar-refractivity contribution in [2.24, 2.45) is 0 Å². The van der Waals surface area contributed by atoms with Crippen LogP contribution in [0, 0.1) is 0 Å². The minimum Gasteiger partial charge on any atom is -0.468 e. The number of anilines is 1. The number of benzene rings is 1. The Balaban J connectivity index is 1.92. The van der Waals surface area contributed by atoms with Gasteiger partial charge in [0.15, 0.2) is 0 Å². The van der Waals surface area contributed by atoms with E-state index in [1.807, 2.05) is 24.3 Å². The van der Waals surface area contributed by atoms with Gasteiger partial charge >= 0.3 is 5.97 Å². The molecule has 0 saturated heterocycles. The second-order valence-electron chi connectivity index (χ2n) is 4.36. The lowest BCUT2D eigenvalue weighted by molar-refractivity contribution is -0.141. The third kappa shape index (κ3) is 4.71. The molecule has 110 valence electrons. The molecule has 0 radical (unpaired) electrons. The summed E-state index contributed by atoms with van der Waals surface area (Å²) in [7, 11) is 1.31. The zero-order valence-corrected chi connectivity index (χ0v) is 13.0. The molecule has 21 heavy (non-hydrogen) atoms. The first-order chi connectivity index (χ1) is 10.1. The van der Waals surface area contributed by atoms with Crippen molar-refractivity contribution in [1.29, 1.82) is 0 Å². The summed E-state index contributed by atoms with van der Waals surface area (Å²) < 4.78 is 6.88. The van der Waals surface area contributed by atoms with E-state index in [-0.39, 0.29) is 18.9 Å². The predicted octanol–water partition coefficient (Wildman–Crippen LogP) is 2.00. The topological polar surface area (TPSA) is 73.2 Å². The van der Waals surface area contributed by atoms with Gasteiger partial charge in [0.05, 0.1) is 25.4 Å². The highest BCUT2D eigenvalue weighted by Gasteiger charge is 2.08. The third-order valence-electron chi connectivity index (χ3n) is 2.69. The van der Waals surface area contributed by atoms with Crippen molar-refractivity contribution in [2.45, 2.75) is 13.0 Å². The van der Waals surface area contributed by atoms with Crippen LogP contribution < -0.4 is 5.32 Å². The minimum atomic E-state index is -0.398. The molecule has 0 aliphatic heterocycles. The fraction of sp³-hybridized carbons (Fsp3) is 0.214. The number of rotatable bonds is 5. The third-order valence-corrected chi connectivity index (χ3v) is 3.18. The summed E-state index contributed by atoms with van der Waals surface area (Å²) in [4.78, 5) is 23.0. The van der Waals surface area contributed by atoms with Gasteiger partial charge in [0.1, 0.15) is 6.54 Å². The number of methoxy groups -OCH3 is 1. The van der Waals surface area contributed by atoms with Crippen molar-refractivity contribution in [3.05, 3.63) is 46.7 Å². The molecule has 1 aromatic carbocycles. The van der Waals surface area contributed by atoms with Crippen LogP contribution in [0.25, 0.3) is 0 Å². The van der Waals surface area contributed by atoms with Gasteiger partial charge in [0.25, 0.3) is 0 Å². The van der Waals surface area contributed by atoms with Gasteiger partial charge < -0.3 is 10.1 Å². The number of ether oxygens (including phenoxy) is 1. The summed E-state index contributed by atoms with van der Waals surface area (Å²) in [5, 5.41) is 6.70. The molecular weight excluding hydrogens is 338 g/mol. The Hall–Kier alpha value is -2.15. The number of aromatic nitrogens is 2. The Kier molecular flexibility index (Phi) is 5.10. The first kappa shape index (κ1) is 15.2. The largest absolute Gasteiger partial charge is 0.468 e. The maximum atomic E-state index is 11.9. The summed E-state index contributed by atoms with van der Waals surface area (Å²) in [5.74, 6) is -0.546. The summed E-state index contributed by atoms with van der Waals surface area (Å²) in [5.41, 5.74) is 1.45. The van der Waals surface area contributed by atoms with E-state index in [1.165, 1.54) is 18.0 Å². The average Bonchev–Trinajstić information content (AvgIpc) is 2.85. The number of halogens is 1. The van der Waals surface area contributed by atoms with Gasteiger partial charge in [-0.1, -0.05) is 28.1 Å². The number of esters is 1. The zero-order valence-electron chi connectivity index (χ0n) is 11.4. The van der Waals surface area contributed by atoms with Crippen molar-refractivity contribution >= 4 is 33.5 Å². The lowest BCUT2D eigenvalue weighted by Crippen LogP contribution is -2.14. The molecule has 2 aromatic rings. The van der Waals surface area contributed by atoms with Crippen molar-refractivity contribution in [2.75, 3.05) is 12.4 Å². The number of hydrogen-bond acceptors (Lipinski definition) is 4. The summed E-state index contributed by atoms with van der Waals surface area (Å²) in [6.07, 6.45) is 3.33. The fourth-order valence-corrected chi connectivity index (χ4v) is 2.20. The fourth-order valence-electron chi connectivity index (χ4n) is 1.75. The van der Waals surface area contributed by atoms with Gasteiger partial charge in [0.2, 0.25) is 5.91 Å². The molecule has 1 aromatic heterocycles. The lowest BCUT2D eigenvalue weighted by Gasteiger charge is -2.03. The maximum absolute atomic E-state index is 11.9. The standard InChI is InChI=1S/C14H14BrN3O3/c1-21-14(20)9-18-8-12(7-16-18)17-13(19)6-10-3-2-4-11(15)5-10/h2-5,7-8H,6,9H2,1H3,(H,17,19). The molecular formula is C14H14BrN3O3. The average molecular weight is 352 g/mol. The summed E-state index contributed by atoms with van der Waals surface area (Å²) in [6, 6.07) is 7.55. The van der Waals surface area contributed by atoms with E-state index in [0.29, 0.717) is 5.69 Å². The van der Waals surface area contributed by atoms with E-state index in [1.54, 1.807) is 6.20 Å². The van der Waals surface area contributed by atoms with Gasteiger partial charge in [0, 0.05) is 10.7 Å². The molecule has 0 aliphatic rings. The number of amides is 1. The lowest BCUT2D eigenvalue weighted by atomic mass is 10.1. The van der Waals surface area contributed by atoms with Crippen LogP contribution in [-0.2, 0) is 27.3 Å². The van der Waals surface area contributed by atoms with E-state index in [2.05, 4.69) is 31.1 Å². The highest BCUT2D eigenvalue weighted by molar-refractivity contribution is 9.10. The van der Waals surface area contributed by atoms with Crippen LogP contribution in [0.4, 0.5) is 5.69 Å². The molecule has 1 N–H and O–H groups in total. The molecule has 1 amide bonds. The molecule has 6 nitrogen and oxygen atoms in total. The van der Waals surface area contributed by atoms with E-state index < -0.39 is 5.97 Å². The molecule has 0 fully saturated rings. The Morgan fingerprint density at radius 1 is 1.43 bits per heavy atom. The number of hydrogen-bond donors (Lipinski definition) is 1. The number of nitrogens with one attached hydrogen (secondary N) is 1. The monoisotopic (exact) mass is 351 g/mol. The summed E-state index contributed by atoms with van der Waals surface area (Å²) in [6.45, 7) is 0.0119. The maximum Gasteiger partial charge on any atom is 0.327 e. The quantitative estimate of drug-likeness (QED) is 0.836. The predicted molar refractivity (Wildman–Crippen MR) is 80.7 cm³/mol. The minimum absolute atomic E-state index is 0.0119. The van der Waals surface area contributed by atoms with Crippen LogP contribution in [0.2, 0.25) is 0 Å². The van der Waals surface area contributed by atoms with Gasteiger partial charge in [-0.2, -0.15) is 5.10 Å². The number of carbonyl (C=O) groups is 2. The van der Waals surface area contributed by atoms with Gasteiger partial charge in [-0.3, -0.25) is 14.3 Å². The van der Waals surface area contributed by atoms with E-state index in [0.717, 1.165) is 10.0 Å². The SMILES string of the molecule is COC(=O)Cn1cc(NC(=O)Cc2cccc(Br)c2)cn1. The van der Waals surface area contributed by atoms with E-state index in [9.17, 15) is 9.59 Å². The number of carbonyl (C=O) groups excluding carboxylic acids is 2. The van der Waals surface area contributed by atoms with Crippen molar-refractivity contribution < 1.29 is 14.3 Å². The first-order valence-corrected chi connectivity index (χ1v) is 6.99. The van der Waals surface area contributed by atoms with Crippen molar-refractivity contribution in [3.8, 4) is 0 Å². The van der Waals surface area contributed by atoms with E-state index >= 15 is 0 Å². The molecule has 0 saturated carbocycles. The Morgan fingerprint density at radius 2 is 2.24 bits per heavy atom. The molecule has 0 atom stereocenters. The molecule has 1 heterocycles. The molecule has 0 unspecified atom stereocenters. The smallest absolute Gasteiger partial charge is 0.327 e.